The lowest BCUT2D eigenvalue weighted by Gasteiger charge is -2.33. The molecule has 2 aliphatic carbocycles. The van der Waals surface area contributed by atoms with Crippen molar-refractivity contribution < 1.29 is 14.9 Å². The van der Waals surface area contributed by atoms with E-state index in [9.17, 15) is 10.2 Å². The van der Waals surface area contributed by atoms with Crippen molar-refractivity contribution in [1.82, 2.24) is 4.90 Å². The zero-order valence-corrected chi connectivity index (χ0v) is 13.2. The van der Waals surface area contributed by atoms with Gasteiger partial charge >= 0.3 is 0 Å². The first-order valence-electron chi connectivity index (χ1n) is 8.06. The number of hydrogen-bond donors (Lipinski definition) is 2. The molecule has 22 heavy (non-hydrogen) atoms. The summed E-state index contributed by atoms with van der Waals surface area (Å²) in [5.41, 5.74) is 3.49. The highest BCUT2D eigenvalue weighted by Gasteiger charge is 2.49. The van der Waals surface area contributed by atoms with Gasteiger partial charge in [-0.1, -0.05) is 12.2 Å². The molecular formula is C18H23NO3. The number of aromatic hydroxyl groups is 1. The summed E-state index contributed by atoms with van der Waals surface area (Å²) in [6.07, 6.45) is 7.27. The van der Waals surface area contributed by atoms with Crippen LogP contribution in [0.5, 0.6) is 11.5 Å². The van der Waals surface area contributed by atoms with Gasteiger partial charge in [0.25, 0.3) is 0 Å². The van der Waals surface area contributed by atoms with E-state index in [0.29, 0.717) is 17.5 Å². The fraction of sp³-hybridized carbons (Fsp3) is 0.556. The summed E-state index contributed by atoms with van der Waals surface area (Å²) in [6.45, 7) is 1.04. The Kier molecular flexibility index (Phi) is 3.03. The smallest absolute Gasteiger partial charge is 0.162 e. The molecule has 2 N–H and O–H groups in total. The average Bonchev–Trinajstić information content (AvgIpc) is 2.86. The molecule has 0 aromatic heterocycles. The summed E-state index contributed by atoms with van der Waals surface area (Å²) < 4.78 is 5.42. The number of ether oxygens (including phenoxy) is 1. The summed E-state index contributed by atoms with van der Waals surface area (Å²) >= 11 is 0. The van der Waals surface area contributed by atoms with Crippen molar-refractivity contribution in [3.05, 3.63) is 34.9 Å². The van der Waals surface area contributed by atoms with Crippen molar-refractivity contribution in [3.63, 3.8) is 0 Å². The monoisotopic (exact) mass is 301 g/mol. The third-order valence-corrected chi connectivity index (χ3v) is 5.79. The maximum Gasteiger partial charge on any atom is 0.162 e. The number of fused-ring (bicyclic) bond motifs is 1. The Hall–Kier alpha value is -1.52. The second-order valence-corrected chi connectivity index (χ2v) is 6.95. The molecule has 1 aliphatic heterocycles. The number of rotatable bonds is 1. The SMILES string of the molecule is COc1cc2c3c(c1O)[C@@]1(C=CC(O)CC1)C[C@@H]3N(C)CC2. The van der Waals surface area contributed by atoms with Crippen molar-refractivity contribution >= 4 is 0 Å². The van der Waals surface area contributed by atoms with Crippen LogP contribution < -0.4 is 4.74 Å². The lowest BCUT2D eigenvalue weighted by molar-refractivity contribution is 0.172. The number of aliphatic hydroxyl groups excluding tert-OH is 1. The van der Waals surface area contributed by atoms with Gasteiger partial charge in [0.2, 0.25) is 0 Å². The van der Waals surface area contributed by atoms with E-state index in [4.69, 9.17) is 4.74 Å². The zero-order chi connectivity index (χ0) is 15.5. The summed E-state index contributed by atoms with van der Waals surface area (Å²) in [6, 6.07) is 2.37. The van der Waals surface area contributed by atoms with Gasteiger partial charge in [0.15, 0.2) is 11.5 Å². The van der Waals surface area contributed by atoms with Gasteiger partial charge in [0.05, 0.1) is 13.2 Å². The Bertz CT molecular complexity index is 654. The topological polar surface area (TPSA) is 52.9 Å². The van der Waals surface area contributed by atoms with Gasteiger partial charge in [-0.05, 0) is 49.9 Å². The highest BCUT2D eigenvalue weighted by Crippen LogP contribution is 2.59. The van der Waals surface area contributed by atoms with Gasteiger partial charge in [-0.25, -0.2) is 0 Å². The van der Waals surface area contributed by atoms with Crippen LogP contribution in [0.25, 0.3) is 0 Å². The molecule has 1 aromatic rings. The second-order valence-electron chi connectivity index (χ2n) is 6.95. The van der Waals surface area contributed by atoms with Crippen molar-refractivity contribution in [3.8, 4) is 11.5 Å². The van der Waals surface area contributed by atoms with E-state index in [1.165, 1.54) is 11.1 Å². The van der Waals surface area contributed by atoms with Crippen LogP contribution in [0.4, 0.5) is 0 Å². The second kappa shape index (κ2) is 4.74. The van der Waals surface area contributed by atoms with Crippen LogP contribution in [0.1, 0.15) is 42.0 Å². The van der Waals surface area contributed by atoms with Crippen LogP contribution in [0.2, 0.25) is 0 Å². The van der Waals surface area contributed by atoms with Gasteiger partial charge < -0.3 is 14.9 Å². The number of aliphatic hydroxyl groups is 1. The van der Waals surface area contributed by atoms with Crippen LogP contribution >= 0.6 is 0 Å². The number of nitrogens with zero attached hydrogens (tertiary/aromatic N) is 1. The number of likely N-dealkylation sites (N-methyl/N-ethyl adjacent to an activating group) is 1. The highest BCUT2D eigenvalue weighted by atomic mass is 16.5. The predicted molar refractivity (Wildman–Crippen MR) is 84.4 cm³/mol. The molecule has 1 spiro atoms. The quantitative estimate of drug-likeness (QED) is 0.782. The lowest BCUT2D eigenvalue weighted by Crippen LogP contribution is -2.32. The Labute approximate surface area is 131 Å². The Morgan fingerprint density at radius 2 is 2.23 bits per heavy atom. The molecule has 4 rings (SSSR count). The van der Waals surface area contributed by atoms with Crippen LogP contribution in [-0.2, 0) is 11.8 Å². The molecule has 4 nitrogen and oxygen atoms in total. The van der Waals surface area contributed by atoms with E-state index in [-0.39, 0.29) is 11.5 Å². The number of phenolic OH excluding ortho intramolecular Hbond substituents is 1. The highest BCUT2D eigenvalue weighted by molar-refractivity contribution is 5.63. The minimum absolute atomic E-state index is 0.162. The molecule has 4 heteroatoms. The van der Waals surface area contributed by atoms with E-state index >= 15 is 0 Å². The molecule has 3 atom stereocenters. The minimum atomic E-state index is -0.358. The maximum absolute atomic E-state index is 10.8. The predicted octanol–water partition coefficient (Wildman–Crippen LogP) is 2.28. The lowest BCUT2D eigenvalue weighted by atomic mass is 9.73. The number of phenols is 1. The third kappa shape index (κ3) is 1.77. The molecule has 0 radical (unpaired) electrons. The fourth-order valence-electron chi connectivity index (χ4n) is 4.60. The van der Waals surface area contributed by atoms with Gasteiger partial charge in [0, 0.05) is 23.6 Å². The first-order valence-corrected chi connectivity index (χ1v) is 8.06. The molecule has 1 unspecified atom stereocenters. The summed E-state index contributed by atoms with van der Waals surface area (Å²) in [7, 11) is 3.78. The van der Waals surface area contributed by atoms with Crippen LogP contribution in [0.3, 0.4) is 0 Å². The Morgan fingerprint density at radius 1 is 1.41 bits per heavy atom. The Balaban J connectivity index is 1.96. The van der Waals surface area contributed by atoms with E-state index in [2.05, 4.69) is 18.0 Å². The summed E-state index contributed by atoms with van der Waals surface area (Å²) in [5.74, 6) is 0.873. The molecule has 0 amide bonds. The molecule has 1 aromatic carbocycles. The molecular weight excluding hydrogens is 278 g/mol. The number of allylic oxidation sites excluding steroid dienone is 1. The fourth-order valence-corrected chi connectivity index (χ4v) is 4.60. The summed E-state index contributed by atoms with van der Waals surface area (Å²) in [4.78, 5) is 2.39. The van der Waals surface area contributed by atoms with E-state index in [1.54, 1.807) is 7.11 Å². The number of methoxy groups -OCH3 is 1. The molecule has 0 saturated carbocycles. The molecule has 0 saturated heterocycles. The molecule has 0 fully saturated rings. The van der Waals surface area contributed by atoms with Gasteiger partial charge in [-0.15, -0.1) is 0 Å². The third-order valence-electron chi connectivity index (χ3n) is 5.79. The van der Waals surface area contributed by atoms with Crippen LogP contribution in [0, 0.1) is 0 Å². The molecule has 118 valence electrons. The van der Waals surface area contributed by atoms with Crippen molar-refractivity contribution in [2.45, 2.75) is 43.2 Å². The van der Waals surface area contributed by atoms with Gasteiger partial charge in [-0.2, -0.15) is 0 Å². The van der Waals surface area contributed by atoms with Crippen molar-refractivity contribution in [1.29, 1.82) is 0 Å². The van der Waals surface area contributed by atoms with Crippen molar-refractivity contribution in [2.24, 2.45) is 0 Å². The molecule has 3 aliphatic rings. The number of hydrogen-bond acceptors (Lipinski definition) is 4. The first kappa shape index (κ1) is 14.1. The van der Waals surface area contributed by atoms with Crippen molar-refractivity contribution in [2.75, 3.05) is 20.7 Å². The molecule has 0 bridgehead atoms. The standard InChI is InChI=1S/C18H23NO3/c1-19-8-5-11-9-14(22-2)17(21)16-15(11)13(19)10-18(16)6-3-12(20)4-7-18/h3,6,9,12-13,20-21H,4-5,7-8,10H2,1-2H3/t12?,13-,18+/m0/s1. The normalized spacial score (nSPS) is 33.2. The van der Waals surface area contributed by atoms with E-state index in [0.717, 1.165) is 37.8 Å². The zero-order valence-electron chi connectivity index (χ0n) is 13.2. The molecule has 1 heterocycles. The van der Waals surface area contributed by atoms with Gasteiger partial charge in [0.1, 0.15) is 0 Å². The average molecular weight is 301 g/mol. The van der Waals surface area contributed by atoms with E-state index in [1.807, 2.05) is 12.1 Å². The Morgan fingerprint density at radius 3 is 2.91 bits per heavy atom. The number of benzene rings is 1. The maximum atomic E-state index is 10.8. The van der Waals surface area contributed by atoms with Crippen LogP contribution in [-0.4, -0.2) is 41.9 Å². The van der Waals surface area contributed by atoms with E-state index < -0.39 is 0 Å². The first-order chi connectivity index (χ1) is 10.6. The van der Waals surface area contributed by atoms with Gasteiger partial charge in [-0.3, -0.25) is 4.90 Å². The summed E-state index contributed by atoms with van der Waals surface area (Å²) in [5, 5.41) is 20.6. The largest absolute Gasteiger partial charge is 0.504 e. The minimum Gasteiger partial charge on any atom is -0.504 e. The van der Waals surface area contributed by atoms with Crippen LogP contribution in [0.15, 0.2) is 18.2 Å².